The fourth-order valence-corrected chi connectivity index (χ4v) is 3.81. The van der Waals surface area contributed by atoms with Crippen molar-refractivity contribution in [3.05, 3.63) is 52.3 Å². The number of aromatic nitrogens is 1. The Balaban J connectivity index is 2.02. The van der Waals surface area contributed by atoms with Gasteiger partial charge in [0.15, 0.2) is 0 Å². The summed E-state index contributed by atoms with van der Waals surface area (Å²) in [6.45, 7) is 5.61. The van der Waals surface area contributed by atoms with Gasteiger partial charge in [-0.25, -0.2) is 0 Å². The van der Waals surface area contributed by atoms with Crippen LogP contribution in [0, 0.1) is 6.92 Å². The molecule has 0 aliphatic heterocycles. The van der Waals surface area contributed by atoms with Gasteiger partial charge in [0.2, 0.25) is 0 Å². The Labute approximate surface area is 150 Å². The molecule has 3 rings (SSSR count). The Kier molecular flexibility index (Phi) is 5.47. The fraction of sp³-hybridized carbons (Fsp3) is 0.476. The number of hydrogen-bond donors (Lipinski definition) is 1. The van der Waals surface area contributed by atoms with Gasteiger partial charge in [-0.3, -0.25) is 4.79 Å². The van der Waals surface area contributed by atoms with Gasteiger partial charge in [-0.15, -0.1) is 0 Å². The van der Waals surface area contributed by atoms with Gasteiger partial charge in [0, 0.05) is 18.8 Å². The average Bonchev–Trinajstić information content (AvgIpc) is 2.92. The summed E-state index contributed by atoms with van der Waals surface area (Å²) in [5, 5.41) is 3.06. The van der Waals surface area contributed by atoms with Crippen molar-refractivity contribution >= 4 is 5.91 Å². The Morgan fingerprint density at radius 2 is 2.08 bits per heavy atom. The van der Waals surface area contributed by atoms with E-state index in [0.717, 1.165) is 41.8 Å². The van der Waals surface area contributed by atoms with Crippen molar-refractivity contribution in [3.63, 3.8) is 0 Å². The second-order valence-corrected chi connectivity index (χ2v) is 6.80. The predicted molar refractivity (Wildman–Crippen MR) is 101 cm³/mol. The highest BCUT2D eigenvalue weighted by atomic mass is 16.5. The summed E-state index contributed by atoms with van der Waals surface area (Å²) in [5.74, 6) is 0.906. The number of fused-ring (bicyclic) bond motifs is 1. The van der Waals surface area contributed by atoms with Crippen molar-refractivity contribution in [1.29, 1.82) is 0 Å². The van der Waals surface area contributed by atoms with Crippen LogP contribution in [0.4, 0.5) is 0 Å². The number of nitrogens with one attached hydrogen (secondary N) is 1. The number of carbonyl (C=O) groups excluding carboxylic acids is 1. The largest absolute Gasteiger partial charge is 0.497 e. The molecule has 1 aliphatic rings. The van der Waals surface area contributed by atoms with Crippen LogP contribution >= 0.6 is 0 Å². The third-order valence-electron chi connectivity index (χ3n) is 5.07. The molecule has 4 heteroatoms. The van der Waals surface area contributed by atoms with Crippen molar-refractivity contribution in [1.82, 2.24) is 9.88 Å². The van der Waals surface area contributed by atoms with E-state index in [1.54, 1.807) is 7.11 Å². The lowest BCUT2D eigenvalue weighted by atomic mass is 9.95. The molecule has 134 valence electrons. The second-order valence-electron chi connectivity index (χ2n) is 6.80. The fourth-order valence-electron chi connectivity index (χ4n) is 3.81. The molecule has 25 heavy (non-hydrogen) atoms. The van der Waals surface area contributed by atoms with Crippen LogP contribution in [-0.4, -0.2) is 24.1 Å². The van der Waals surface area contributed by atoms with Gasteiger partial charge in [-0.1, -0.05) is 19.1 Å². The monoisotopic (exact) mass is 340 g/mol. The van der Waals surface area contributed by atoms with E-state index < -0.39 is 0 Å². The minimum atomic E-state index is 0.0525. The molecule has 0 saturated heterocycles. The van der Waals surface area contributed by atoms with Crippen molar-refractivity contribution in [3.8, 4) is 5.75 Å². The molecule has 0 bridgehead atoms. The predicted octanol–water partition coefficient (Wildman–Crippen LogP) is 3.87. The first-order valence-electron chi connectivity index (χ1n) is 9.27. The van der Waals surface area contributed by atoms with Crippen molar-refractivity contribution in [2.75, 3.05) is 13.7 Å². The third-order valence-corrected chi connectivity index (χ3v) is 5.07. The first kappa shape index (κ1) is 17.6. The van der Waals surface area contributed by atoms with Gasteiger partial charge in [-0.05, 0) is 67.9 Å². The lowest BCUT2D eigenvalue weighted by molar-refractivity contribution is 0.0944. The Bertz CT molecular complexity index is 761. The van der Waals surface area contributed by atoms with Crippen LogP contribution < -0.4 is 10.1 Å². The highest BCUT2D eigenvalue weighted by Crippen LogP contribution is 2.30. The smallest absolute Gasteiger partial charge is 0.268 e. The van der Waals surface area contributed by atoms with E-state index >= 15 is 0 Å². The Morgan fingerprint density at radius 3 is 2.84 bits per heavy atom. The molecule has 0 fully saturated rings. The van der Waals surface area contributed by atoms with Crippen LogP contribution in [0.1, 0.15) is 59.1 Å². The lowest BCUT2D eigenvalue weighted by Crippen LogP contribution is -2.28. The van der Waals surface area contributed by atoms with Crippen LogP contribution in [0.15, 0.2) is 24.3 Å². The molecule has 0 radical (unpaired) electrons. The molecule has 1 heterocycles. The summed E-state index contributed by atoms with van der Waals surface area (Å²) in [7, 11) is 1.68. The molecular weight excluding hydrogens is 312 g/mol. The summed E-state index contributed by atoms with van der Waals surface area (Å²) >= 11 is 0. The standard InChI is InChI=1S/C21H28N2O2/c1-4-12-22-21(24)20-15(2)18-10-5-6-11-19(18)23(20)14-16-8-7-9-17(13-16)25-3/h7-9,13H,4-6,10-12,14H2,1-3H3,(H,22,24). The maximum Gasteiger partial charge on any atom is 0.268 e. The van der Waals surface area contributed by atoms with Gasteiger partial charge in [0.1, 0.15) is 11.4 Å². The molecule has 1 amide bonds. The van der Waals surface area contributed by atoms with Gasteiger partial charge in [0.05, 0.1) is 7.11 Å². The van der Waals surface area contributed by atoms with E-state index in [-0.39, 0.29) is 5.91 Å². The molecule has 0 unspecified atom stereocenters. The minimum Gasteiger partial charge on any atom is -0.497 e. The molecule has 0 atom stereocenters. The topological polar surface area (TPSA) is 43.3 Å². The number of rotatable bonds is 6. The zero-order valence-electron chi connectivity index (χ0n) is 15.5. The highest BCUT2D eigenvalue weighted by molar-refractivity contribution is 5.95. The zero-order chi connectivity index (χ0) is 17.8. The number of hydrogen-bond acceptors (Lipinski definition) is 2. The van der Waals surface area contributed by atoms with Gasteiger partial charge in [0.25, 0.3) is 5.91 Å². The third kappa shape index (κ3) is 3.58. The molecule has 1 N–H and O–H groups in total. The van der Waals surface area contributed by atoms with E-state index in [9.17, 15) is 4.79 Å². The van der Waals surface area contributed by atoms with Crippen molar-refractivity contribution < 1.29 is 9.53 Å². The number of nitrogens with zero attached hydrogens (tertiary/aromatic N) is 1. The van der Waals surface area contributed by atoms with Crippen LogP contribution in [-0.2, 0) is 19.4 Å². The number of carbonyl (C=O) groups is 1. The highest BCUT2D eigenvalue weighted by Gasteiger charge is 2.26. The summed E-state index contributed by atoms with van der Waals surface area (Å²) in [6.07, 6.45) is 5.50. The first-order chi connectivity index (χ1) is 12.2. The van der Waals surface area contributed by atoms with Gasteiger partial charge >= 0.3 is 0 Å². The van der Waals surface area contributed by atoms with Crippen molar-refractivity contribution in [2.24, 2.45) is 0 Å². The summed E-state index contributed by atoms with van der Waals surface area (Å²) in [4.78, 5) is 12.8. The minimum absolute atomic E-state index is 0.0525. The zero-order valence-corrected chi connectivity index (χ0v) is 15.5. The molecule has 1 aliphatic carbocycles. The van der Waals surface area contributed by atoms with E-state index in [0.29, 0.717) is 13.1 Å². The number of benzene rings is 1. The molecule has 0 saturated carbocycles. The van der Waals surface area contributed by atoms with Crippen LogP contribution in [0.5, 0.6) is 5.75 Å². The molecular formula is C21H28N2O2. The number of methoxy groups -OCH3 is 1. The second kappa shape index (κ2) is 7.77. The van der Waals surface area contributed by atoms with Gasteiger partial charge in [-0.2, -0.15) is 0 Å². The molecule has 4 nitrogen and oxygen atoms in total. The van der Waals surface area contributed by atoms with E-state index in [1.165, 1.54) is 24.1 Å². The van der Waals surface area contributed by atoms with Crippen molar-refractivity contribution in [2.45, 2.75) is 52.5 Å². The molecule has 2 aromatic rings. The maximum atomic E-state index is 12.8. The molecule has 1 aromatic carbocycles. The SMILES string of the molecule is CCCNC(=O)c1c(C)c2c(n1Cc1cccc(OC)c1)CCCC2. The number of ether oxygens (including phenoxy) is 1. The van der Waals surface area contributed by atoms with Gasteiger partial charge < -0.3 is 14.6 Å². The maximum absolute atomic E-state index is 12.8. The van der Waals surface area contributed by atoms with E-state index in [1.807, 2.05) is 12.1 Å². The van der Waals surface area contributed by atoms with Crippen LogP contribution in [0.3, 0.4) is 0 Å². The normalized spacial score (nSPS) is 13.4. The molecule has 0 spiro atoms. The Hall–Kier alpha value is -2.23. The van der Waals surface area contributed by atoms with E-state index in [2.05, 4.69) is 35.9 Å². The summed E-state index contributed by atoms with van der Waals surface area (Å²) in [6, 6.07) is 8.11. The first-order valence-corrected chi connectivity index (χ1v) is 9.27. The number of amides is 1. The van der Waals surface area contributed by atoms with Crippen LogP contribution in [0.25, 0.3) is 0 Å². The lowest BCUT2D eigenvalue weighted by Gasteiger charge is -2.17. The quantitative estimate of drug-likeness (QED) is 0.867. The molecule has 1 aromatic heterocycles. The summed E-state index contributed by atoms with van der Waals surface area (Å²) < 4.78 is 7.59. The van der Waals surface area contributed by atoms with Crippen LogP contribution in [0.2, 0.25) is 0 Å². The van der Waals surface area contributed by atoms with E-state index in [4.69, 9.17) is 4.74 Å². The Morgan fingerprint density at radius 1 is 1.28 bits per heavy atom. The average molecular weight is 340 g/mol. The summed E-state index contributed by atoms with van der Waals surface area (Å²) in [5.41, 5.74) is 5.88.